The Morgan fingerprint density at radius 2 is 1.81 bits per heavy atom. The number of hydrogen-bond donors (Lipinski definition) is 0. The van der Waals surface area contributed by atoms with Crippen molar-refractivity contribution in [3.63, 3.8) is 0 Å². The van der Waals surface area contributed by atoms with Gasteiger partial charge in [-0.1, -0.05) is 6.07 Å². The van der Waals surface area contributed by atoms with E-state index in [1.165, 1.54) is 25.9 Å². The molecule has 0 spiro atoms. The summed E-state index contributed by atoms with van der Waals surface area (Å²) < 4.78 is 6.63. The molecule has 0 aliphatic rings. The number of benzene rings is 2. The molecule has 0 atom stereocenters. The molecule has 2 nitrogen and oxygen atoms in total. The molecule has 0 bridgehead atoms. The highest BCUT2D eigenvalue weighted by Crippen LogP contribution is 2.36. The Morgan fingerprint density at radius 1 is 1.00 bits per heavy atom. The zero-order valence-electron chi connectivity index (χ0n) is 12.1. The van der Waals surface area contributed by atoms with Crippen molar-refractivity contribution in [2.45, 2.75) is 20.8 Å². The fraction of sp³-hybridized carbons (Fsp3) is 0.167. The maximum absolute atomic E-state index is 11.5. The van der Waals surface area contributed by atoms with Gasteiger partial charge in [0.25, 0.3) is 0 Å². The lowest BCUT2D eigenvalue weighted by atomic mass is 10.0. The second kappa shape index (κ2) is 4.18. The van der Waals surface area contributed by atoms with E-state index in [1.54, 1.807) is 6.07 Å². The minimum Gasteiger partial charge on any atom is -0.423 e. The Hall–Kier alpha value is -2.13. The molecule has 0 aliphatic heterocycles. The average molecular weight is 294 g/mol. The third-order valence-electron chi connectivity index (χ3n) is 4.22. The molecule has 0 saturated carbocycles. The molecule has 0 amide bonds. The molecule has 0 N–H and O–H groups in total. The summed E-state index contributed by atoms with van der Waals surface area (Å²) in [6, 6.07) is 9.97. The minimum absolute atomic E-state index is 0.289. The van der Waals surface area contributed by atoms with Crippen molar-refractivity contribution in [1.82, 2.24) is 0 Å². The first-order valence-corrected chi connectivity index (χ1v) is 7.73. The SMILES string of the molecule is Cc1sc2cc3c(ccc4oc(=O)cc(C)c43)cc2c1C. The maximum atomic E-state index is 11.5. The van der Waals surface area contributed by atoms with Crippen LogP contribution in [0.3, 0.4) is 0 Å². The van der Waals surface area contributed by atoms with Crippen molar-refractivity contribution in [2.24, 2.45) is 0 Å². The van der Waals surface area contributed by atoms with Crippen LogP contribution < -0.4 is 5.63 Å². The van der Waals surface area contributed by atoms with Gasteiger partial charge in [0.2, 0.25) is 0 Å². The van der Waals surface area contributed by atoms with Crippen molar-refractivity contribution in [2.75, 3.05) is 0 Å². The summed E-state index contributed by atoms with van der Waals surface area (Å²) in [5, 5.41) is 4.70. The molecular formula is C18H14O2S. The molecule has 3 heteroatoms. The van der Waals surface area contributed by atoms with Gasteiger partial charge < -0.3 is 4.42 Å². The van der Waals surface area contributed by atoms with Crippen LogP contribution in [0, 0.1) is 20.8 Å². The molecule has 0 aliphatic carbocycles. The lowest BCUT2D eigenvalue weighted by molar-refractivity contribution is 0.560. The predicted molar refractivity (Wildman–Crippen MR) is 89.6 cm³/mol. The first-order chi connectivity index (χ1) is 10.0. The fourth-order valence-corrected chi connectivity index (χ4v) is 4.11. The zero-order valence-corrected chi connectivity index (χ0v) is 12.9. The van der Waals surface area contributed by atoms with Gasteiger partial charge in [0.15, 0.2) is 0 Å². The van der Waals surface area contributed by atoms with Gasteiger partial charge in [0.05, 0.1) is 0 Å². The summed E-state index contributed by atoms with van der Waals surface area (Å²) in [5.74, 6) is 0. The highest BCUT2D eigenvalue weighted by molar-refractivity contribution is 7.19. The van der Waals surface area contributed by atoms with Crippen LogP contribution in [0.1, 0.15) is 16.0 Å². The van der Waals surface area contributed by atoms with Gasteiger partial charge in [0.1, 0.15) is 5.58 Å². The van der Waals surface area contributed by atoms with E-state index in [4.69, 9.17) is 4.42 Å². The molecule has 0 fully saturated rings. The first-order valence-electron chi connectivity index (χ1n) is 6.91. The summed E-state index contributed by atoms with van der Waals surface area (Å²) >= 11 is 1.82. The van der Waals surface area contributed by atoms with Crippen LogP contribution in [0.4, 0.5) is 0 Å². The lowest BCUT2D eigenvalue weighted by Gasteiger charge is -2.06. The number of hydrogen-bond acceptors (Lipinski definition) is 3. The molecule has 0 radical (unpaired) electrons. The summed E-state index contributed by atoms with van der Waals surface area (Å²) in [4.78, 5) is 12.9. The summed E-state index contributed by atoms with van der Waals surface area (Å²) in [6.45, 7) is 6.30. The summed E-state index contributed by atoms with van der Waals surface area (Å²) in [5.41, 5.74) is 2.70. The van der Waals surface area contributed by atoms with E-state index >= 15 is 0 Å². The van der Waals surface area contributed by atoms with Gasteiger partial charge >= 0.3 is 5.63 Å². The molecule has 21 heavy (non-hydrogen) atoms. The van der Waals surface area contributed by atoms with E-state index in [9.17, 15) is 4.79 Å². The second-order valence-electron chi connectivity index (χ2n) is 5.54. The molecule has 2 aromatic carbocycles. The van der Waals surface area contributed by atoms with E-state index < -0.39 is 0 Å². The molecule has 0 saturated heterocycles. The maximum Gasteiger partial charge on any atom is 0.336 e. The normalized spacial score (nSPS) is 11.8. The Kier molecular flexibility index (Phi) is 2.51. The van der Waals surface area contributed by atoms with Crippen molar-refractivity contribution < 1.29 is 4.42 Å². The molecule has 2 aromatic heterocycles. The third-order valence-corrected chi connectivity index (χ3v) is 5.39. The Morgan fingerprint density at radius 3 is 2.62 bits per heavy atom. The van der Waals surface area contributed by atoms with E-state index in [2.05, 4.69) is 26.0 Å². The largest absolute Gasteiger partial charge is 0.423 e. The number of fused-ring (bicyclic) bond motifs is 4. The quantitative estimate of drug-likeness (QED) is 0.334. The summed E-state index contributed by atoms with van der Waals surface area (Å²) in [6.07, 6.45) is 0. The third kappa shape index (κ3) is 1.74. The lowest BCUT2D eigenvalue weighted by Crippen LogP contribution is -1.97. The van der Waals surface area contributed by atoms with Crippen LogP contribution in [-0.4, -0.2) is 0 Å². The van der Waals surface area contributed by atoms with E-state index in [0.717, 1.165) is 16.3 Å². The van der Waals surface area contributed by atoms with Gasteiger partial charge in [-0.05, 0) is 66.3 Å². The zero-order chi connectivity index (χ0) is 14.7. The number of rotatable bonds is 0. The Labute approximate surface area is 125 Å². The fourth-order valence-electron chi connectivity index (χ4n) is 3.02. The minimum atomic E-state index is -0.289. The molecule has 4 rings (SSSR count). The predicted octanol–water partition coefficient (Wildman–Crippen LogP) is 5.09. The molecule has 2 heterocycles. The van der Waals surface area contributed by atoms with Crippen LogP contribution in [0.15, 0.2) is 39.5 Å². The van der Waals surface area contributed by atoms with Crippen LogP contribution in [0.5, 0.6) is 0 Å². The average Bonchev–Trinajstić information content (AvgIpc) is 2.71. The van der Waals surface area contributed by atoms with E-state index in [-0.39, 0.29) is 5.63 Å². The Balaban J connectivity index is 2.27. The van der Waals surface area contributed by atoms with E-state index in [0.29, 0.717) is 5.58 Å². The van der Waals surface area contributed by atoms with Crippen LogP contribution in [0.25, 0.3) is 31.8 Å². The highest BCUT2D eigenvalue weighted by atomic mass is 32.1. The van der Waals surface area contributed by atoms with E-state index in [1.807, 2.05) is 30.4 Å². The molecule has 104 valence electrons. The molecular weight excluding hydrogens is 280 g/mol. The monoisotopic (exact) mass is 294 g/mol. The van der Waals surface area contributed by atoms with Gasteiger partial charge in [-0.2, -0.15) is 0 Å². The Bertz CT molecular complexity index is 1080. The number of thiophene rings is 1. The van der Waals surface area contributed by atoms with Crippen LogP contribution in [0.2, 0.25) is 0 Å². The van der Waals surface area contributed by atoms with Gasteiger partial charge in [-0.15, -0.1) is 11.3 Å². The standard InChI is InChI=1S/C18H14O2S/c1-9-6-17(19)20-15-5-4-12-7-13-10(2)11(3)21-16(13)8-14(12)18(9)15/h4-8H,1-3H3. The summed E-state index contributed by atoms with van der Waals surface area (Å²) in [7, 11) is 0. The van der Waals surface area contributed by atoms with Crippen molar-refractivity contribution in [1.29, 1.82) is 0 Å². The first kappa shape index (κ1) is 12.6. The highest BCUT2D eigenvalue weighted by Gasteiger charge is 2.11. The van der Waals surface area contributed by atoms with Gasteiger partial charge in [-0.25, -0.2) is 4.79 Å². The van der Waals surface area contributed by atoms with Crippen molar-refractivity contribution in [3.05, 3.63) is 56.8 Å². The van der Waals surface area contributed by atoms with Crippen molar-refractivity contribution in [3.8, 4) is 0 Å². The smallest absolute Gasteiger partial charge is 0.336 e. The topological polar surface area (TPSA) is 30.2 Å². The van der Waals surface area contributed by atoms with Crippen molar-refractivity contribution >= 4 is 43.2 Å². The second-order valence-corrected chi connectivity index (χ2v) is 6.80. The number of aryl methyl sites for hydroxylation is 3. The van der Waals surface area contributed by atoms with Crippen LogP contribution in [-0.2, 0) is 0 Å². The molecule has 4 aromatic rings. The van der Waals surface area contributed by atoms with Crippen LogP contribution >= 0.6 is 11.3 Å². The van der Waals surface area contributed by atoms with Gasteiger partial charge in [0, 0.05) is 21.0 Å². The molecule has 0 unspecified atom stereocenters. The van der Waals surface area contributed by atoms with Gasteiger partial charge in [-0.3, -0.25) is 0 Å².